The summed E-state index contributed by atoms with van der Waals surface area (Å²) in [6.45, 7) is 1.05. The predicted octanol–water partition coefficient (Wildman–Crippen LogP) is 0.202. The van der Waals surface area contributed by atoms with Gasteiger partial charge in [0.2, 0.25) is 5.91 Å². The topological polar surface area (TPSA) is 75.2 Å². The zero-order valence-corrected chi connectivity index (χ0v) is 10.2. The molecular formula is C13H12N4O2. The third-order valence-electron chi connectivity index (χ3n) is 2.99. The lowest BCUT2D eigenvalue weighted by atomic mass is 10.2. The van der Waals surface area contributed by atoms with E-state index in [1.807, 2.05) is 24.3 Å². The number of benzene rings is 1. The second-order valence-electron chi connectivity index (χ2n) is 4.32. The van der Waals surface area contributed by atoms with Crippen molar-refractivity contribution in [3.05, 3.63) is 36.2 Å². The van der Waals surface area contributed by atoms with Crippen LogP contribution in [0.15, 0.2) is 30.5 Å². The SMILES string of the molecule is O=C1CN(C(=O)c2cnc3ccccc3n2)CCN1. The molecule has 96 valence electrons. The number of para-hydroxylation sites is 2. The maximum Gasteiger partial charge on any atom is 0.274 e. The van der Waals surface area contributed by atoms with Crippen LogP contribution in [0.3, 0.4) is 0 Å². The Hall–Kier alpha value is -2.50. The molecule has 0 atom stereocenters. The molecule has 0 unspecified atom stereocenters. The van der Waals surface area contributed by atoms with E-state index in [0.717, 1.165) is 5.52 Å². The minimum atomic E-state index is -0.256. The first kappa shape index (κ1) is 11.6. The Morgan fingerprint density at radius 1 is 1.26 bits per heavy atom. The number of nitrogens with one attached hydrogen (secondary N) is 1. The monoisotopic (exact) mass is 256 g/mol. The van der Waals surface area contributed by atoms with Gasteiger partial charge in [0.1, 0.15) is 5.69 Å². The molecule has 0 spiro atoms. The van der Waals surface area contributed by atoms with E-state index in [4.69, 9.17) is 0 Å². The van der Waals surface area contributed by atoms with E-state index < -0.39 is 0 Å². The van der Waals surface area contributed by atoms with Crippen LogP contribution in [-0.4, -0.2) is 46.3 Å². The fourth-order valence-corrected chi connectivity index (χ4v) is 2.03. The van der Waals surface area contributed by atoms with E-state index in [9.17, 15) is 9.59 Å². The van der Waals surface area contributed by atoms with Gasteiger partial charge < -0.3 is 10.2 Å². The first-order valence-corrected chi connectivity index (χ1v) is 6.02. The van der Waals surface area contributed by atoms with Gasteiger partial charge in [-0.25, -0.2) is 4.98 Å². The molecule has 2 heterocycles. The van der Waals surface area contributed by atoms with Crippen molar-refractivity contribution >= 4 is 22.8 Å². The van der Waals surface area contributed by atoms with Gasteiger partial charge in [-0.05, 0) is 12.1 Å². The number of aromatic nitrogens is 2. The molecule has 1 N–H and O–H groups in total. The van der Waals surface area contributed by atoms with Gasteiger partial charge in [-0.15, -0.1) is 0 Å². The fourth-order valence-electron chi connectivity index (χ4n) is 2.03. The first-order valence-electron chi connectivity index (χ1n) is 6.02. The summed E-state index contributed by atoms with van der Waals surface area (Å²) < 4.78 is 0. The van der Waals surface area contributed by atoms with Crippen LogP contribution < -0.4 is 5.32 Å². The van der Waals surface area contributed by atoms with Crippen molar-refractivity contribution in [1.82, 2.24) is 20.2 Å². The summed E-state index contributed by atoms with van der Waals surface area (Å²) in [4.78, 5) is 33.5. The lowest BCUT2D eigenvalue weighted by Gasteiger charge is -2.26. The zero-order valence-electron chi connectivity index (χ0n) is 10.2. The highest BCUT2D eigenvalue weighted by Crippen LogP contribution is 2.10. The van der Waals surface area contributed by atoms with Crippen LogP contribution >= 0.6 is 0 Å². The first-order chi connectivity index (χ1) is 9.24. The Morgan fingerprint density at radius 2 is 2.05 bits per heavy atom. The molecule has 1 aromatic heterocycles. The number of nitrogens with zero attached hydrogens (tertiary/aromatic N) is 3. The molecule has 0 saturated carbocycles. The van der Waals surface area contributed by atoms with Crippen molar-refractivity contribution < 1.29 is 9.59 Å². The van der Waals surface area contributed by atoms with E-state index in [2.05, 4.69) is 15.3 Å². The van der Waals surface area contributed by atoms with E-state index in [1.165, 1.54) is 11.1 Å². The highest BCUT2D eigenvalue weighted by atomic mass is 16.2. The van der Waals surface area contributed by atoms with Crippen LogP contribution in [0, 0.1) is 0 Å². The van der Waals surface area contributed by atoms with Crippen molar-refractivity contribution in [2.24, 2.45) is 0 Å². The molecule has 6 heteroatoms. The summed E-state index contributed by atoms with van der Waals surface area (Å²) in [5.41, 5.74) is 1.69. The maximum absolute atomic E-state index is 12.2. The van der Waals surface area contributed by atoms with Gasteiger partial charge in [-0.2, -0.15) is 0 Å². The third kappa shape index (κ3) is 2.24. The summed E-state index contributed by atoms with van der Waals surface area (Å²) in [6.07, 6.45) is 1.46. The lowest BCUT2D eigenvalue weighted by molar-refractivity contribution is -0.123. The average molecular weight is 256 g/mol. The zero-order chi connectivity index (χ0) is 13.2. The number of carbonyl (C=O) groups excluding carboxylic acids is 2. The summed E-state index contributed by atoms with van der Waals surface area (Å²) >= 11 is 0. The molecular weight excluding hydrogens is 244 g/mol. The highest BCUT2D eigenvalue weighted by Gasteiger charge is 2.23. The standard InChI is InChI=1S/C13H12N4O2/c18-12-8-17(6-5-14-12)13(19)11-7-15-9-3-1-2-4-10(9)16-11/h1-4,7H,5-6,8H2,(H,14,18). The van der Waals surface area contributed by atoms with Gasteiger partial charge in [0.15, 0.2) is 0 Å². The Balaban J connectivity index is 1.90. The van der Waals surface area contributed by atoms with Gasteiger partial charge in [0, 0.05) is 13.1 Å². The van der Waals surface area contributed by atoms with Crippen LogP contribution in [-0.2, 0) is 4.79 Å². The number of hydrogen-bond acceptors (Lipinski definition) is 4. The van der Waals surface area contributed by atoms with Crippen molar-refractivity contribution in [1.29, 1.82) is 0 Å². The molecule has 1 aromatic carbocycles. The number of hydrogen-bond donors (Lipinski definition) is 1. The minimum Gasteiger partial charge on any atom is -0.353 e. The van der Waals surface area contributed by atoms with Crippen molar-refractivity contribution in [3.63, 3.8) is 0 Å². The Morgan fingerprint density at radius 3 is 2.84 bits per heavy atom. The summed E-state index contributed by atoms with van der Waals surface area (Å²) in [5, 5.41) is 2.68. The molecule has 0 radical (unpaired) electrons. The number of piperazine rings is 1. The molecule has 1 aliphatic rings. The number of amides is 2. The molecule has 6 nitrogen and oxygen atoms in total. The minimum absolute atomic E-state index is 0.0767. The van der Waals surface area contributed by atoms with E-state index in [0.29, 0.717) is 18.6 Å². The van der Waals surface area contributed by atoms with Crippen LogP contribution in [0.1, 0.15) is 10.5 Å². The quantitative estimate of drug-likeness (QED) is 0.791. The van der Waals surface area contributed by atoms with Gasteiger partial charge >= 0.3 is 0 Å². The van der Waals surface area contributed by atoms with E-state index >= 15 is 0 Å². The third-order valence-corrected chi connectivity index (χ3v) is 2.99. The lowest BCUT2D eigenvalue weighted by Crippen LogP contribution is -2.50. The summed E-state index contributed by atoms with van der Waals surface area (Å²) in [6, 6.07) is 7.36. The van der Waals surface area contributed by atoms with Gasteiger partial charge in [0.05, 0.1) is 23.8 Å². The number of fused-ring (bicyclic) bond motifs is 1. The fraction of sp³-hybridized carbons (Fsp3) is 0.231. The van der Waals surface area contributed by atoms with Crippen LogP contribution in [0.25, 0.3) is 11.0 Å². The highest BCUT2D eigenvalue weighted by molar-refractivity contribution is 5.96. The van der Waals surface area contributed by atoms with Gasteiger partial charge in [-0.3, -0.25) is 14.6 Å². The van der Waals surface area contributed by atoms with Crippen molar-refractivity contribution in [3.8, 4) is 0 Å². The second kappa shape index (κ2) is 4.64. The molecule has 2 aromatic rings. The van der Waals surface area contributed by atoms with Crippen molar-refractivity contribution in [2.75, 3.05) is 19.6 Å². The van der Waals surface area contributed by atoms with Crippen LogP contribution in [0.5, 0.6) is 0 Å². The molecule has 1 saturated heterocycles. The Bertz CT molecular complexity index is 656. The molecule has 1 aliphatic heterocycles. The van der Waals surface area contributed by atoms with Crippen molar-refractivity contribution in [2.45, 2.75) is 0 Å². The second-order valence-corrected chi connectivity index (χ2v) is 4.32. The van der Waals surface area contributed by atoms with Crippen LogP contribution in [0.4, 0.5) is 0 Å². The van der Waals surface area contributed by atoms with Gasteiger partial charge in [-0.1, -0.05) is 12.1 Å². The number of rotatable bonds is 1. The maximum atomic E-state index is 12.2. The van der Waals surface area contributed by atoms with Gasteiger partial charge in [0.25, 0.3) is 5.91 Å². The van der Waals surface area contributed by atoms with E-state index in [-0.39, 0.29) is 24.1 Å². The molecule has 2 amide bonds. The molecule has 0 bridgehead atoms. The Kier molecular flexibility index (Phi) is 2.83. The smallest absolute Gasteiger partial charge is 0.274 e. The molecule has 19 heavy (non-hydrogen) atoms. The van der Waals surface area contributed by atoms with Crippen LogP contribution in [0.2, 0.25) is 0 Å². The molecule has 0 aliphatic carbocycles. The van der Waals surface area contributed by atoms with E-state index in [1.54, 1.807) is 0 Å². The summed E-state index contributed by atoms with van der Waals surface area (Å²) in [5.74, 6) is -0.401. The molecule has 3 rings (SSSR count). The number of carbonyl (C=O) groups is 2. The normalized spacial score (nSPS) is 15.4. The molecule has 1 fully saturated rings. The largest absolute Gasteiger partial charge is 0.353 e. The Labute approximate surface area is 109 Å². The summed E-state index contributed by atoms with van der Waals surface area (Å²) in [7, 11) is 0. The average Bonchev–Trinajstić information content (AvgIpc) is 2.46. The predicted molar refractivity (Wildman–Crippen MR) is 68.5 cm³/mol.